The van der Waals surface area contributed by atoms with E-state index in [4.69, 9.17) is 11.6 Å². The third-order valence-electron chi connectivity index (χ3n) is 2.97. The molecule has 0 atom stereocenters. The Hall–Kier alpha value is -2.14. The van der Waals surface area contributed by atoms with Gasteiger partial charge in [-0.1, -0.05) is 23.7 Å². The van der Waals surface area contributed by atoms with Crippen molar-refractivity contribution in [2.24, 2.45) is 0 Å². The number of halogens is 2. The van der Waals surface area contributed by atoms with Crippen molar-refractivity contribution in [2.45, 2.75) is 13.5 Å². The minimum absolute atomic E-state index is 0.0530. The fourth-order valence-electron chi connectivity index (χ4n) is 1.86. The molecule has 4 nitrogen and oxygen atoms in total. The fourth-order valence-corrected chi connectivity index (χ4v) is 1.98. The number of nitro groups is 1. The van der Waals surface area contributed by atoms with Crippen molar-refractivity contribution in [1.82, 2.24) is 0 Å². The van der Waals surface area contributed by atoms with Crippen molar-refractivity contribution in [2.75, 3.05) is 5.32 Å². The molecule has 0 heterocycles. The molecule has 0 fully saturated rings. The van der Waals surface area contributed by atoms with Crippen LogP contribution in [0.15, 0.2) is 36.4 Å². The molecule has 0 aromatic heterocycles. The van der Waals surface area contributed by atoms with Gasteiger partial charge in [0.25, 0.3) is 5.69 Å². The highest BCUT2D eigenvalue weighted by molar-refractivity contribution is 6.30. The molecule has 2 rings (SSSR count). The summed E-state index contributed by atoms with van der Waals surface area (Å²) in [5.41, 5.74) is 1.96. The van der Waals surface area contributed by atoms with Gasteiger partial charge in [0, 0.05) is 23.9 Å². The zero-order valence-electron chi connectivity index (χ0n) is 10.7. The van der Waals surface area contributed by atoms with E-state index >= 15 is 0 Å². The van der Waals surface area contributed by atoms with Crippen LogP contribution < -0.4 is 5.32 Å². The van der Waals surface area contributed by atoms with E-state index in [1.165, 1.54) is 18.2 Å². The first-order chi connectivity index (χ1) is 9.49. The van der Waals surface area contributed by atoms with Crippen molar-refractivity contribution in [3.05, 3.63) is 68.5 Å². The zero-order chi connectivity index (χ0) is 14.7. The summed E-state index contributed by atoms with van der Waals surface area (Å²) in [4.78, 5) is 10.4. The Morgan fingerprint density at radius 1 is 1.35 bits per heavy atom. The summed E-state index contributed by atoms with van der Waals surface area (Å²) in [5, 5.41) is 14.0. The Bertz CT molecular complexity index is 662. The van der Waals surface area contributed by atoms with Gasteiger partial charge in [0.15, 0.2) is 0 Å². The number of hydrogen-bond acceptors (Lipinski definition) is 3. The molecular weight excluding hydrogens is 283 g/mol. The molecule has 0 saturated heterocycles. The van der Waals surface area contributed by atoms with E-state index in [0.29, 0.717) is 23.4 Å². The molecule has 0 radical (unpaired) electrons. The molecule has 2 aromatic carbocycles. The van der Waals surface area contributed by atoms with E-state index in [2.05, 4.69) is 5.32 Å². The summed E-state index contributed by atoms with van der Waals surface area (Å²) in [6, 6.07) is 9.31. The molecule has 2 aromatic rings. The second-order valence-electron chi connectivity index (χ2n) is 4.31. The normalized spacial score (nSPS) is 10.3. The van der Waals surface area contributed by atoms with Gasteiger partial charge >= 0.3 is 0 Å². The van der Waals surface area contributed by atoms with Crippen molar-refractivity contribution >= 4 is 23.0 Å². The molecule has 0 bridgehead atoms. The molecule has 6 heteroatoms. The van der Waals surface area contributed by atoms with Crippen LogP contribution in [0, 0.1) is 22.9 Å². The third kappa shape index (κ3) is 3.05. The quantitative estimate of drug-likeness (QED) is 0.675. The van der Waals surface area contributed by atoms with Gasteiger partial charge < -0.3 is 5.32 Å². The summed E-state index contributed by atoms with van der Waals surface area (Å²) in [6.45, 7) is 2.03. The molecule has 0 aliphatic carbocycles. The van der Waals surface area contributed by atoms with Gasteiger partial charge in [-0.05, 0) is 30.7 Å². The summed E-state index contributed by atoms with van der Waals surface area (Å²) in [7, 11) is 0. The summed E-state index contributed by atoms with van der Waals surface area (Å²) in [5.74, 6) is -0.485. The average molecular weight is 295 g/mol. The lowest BCUT2D eigenvalue weighted by molar-refractivity contribution is -0.385. The van der Waals surface area contributed by atoms with E-state index in [9.17, 15) is 14.5 Å². The van der Waals surface area contributed by atoms with E-state index in [0.717, 1.165) is 0 Å². The Kier molecular flexibility index (Phi) is 4.20. The molecule has 104 valence electrons. The predicted octanol–water partition coefficient (Wildman–Crippen LogP) is 4.31. The van der Waals surface area contributed by atoms with Gasteiger partial charge in [0.2, 0.25) is 0 Å². The lowest BCUT2D eigenvalue weighted by Gasteiger charge is -2.10. The molecule has 0 aliphatic rings. The maximum absolute atomic E-state index is 13.3. The first-order valence-electron chi connectivity index (χ1n) is 5.91. The number of nitrogens with one attached hydrogen (secondary N) is 1. The van der Waals surface area contributed by atoms with Crippen LogP contribution in [0.4, 0.5) is 15.8 Å². The number of anilines is 1. The van der Waals surface area contributed by atoms with Crippen LogP contribution in [0.1, 0.15) is 11.1 Å². The van der Waals surface area contributed by atoms with Crippen LogP contribution in [0.25, 0.3) is 0 Å². The maximum atomic E-state index is 13.3. The van der Waals surface area contributed by atoms with Crippen molar-refractivity contribution in [1.29, 1.82) is 0 Å². The SMILES string of the molecule is Cc1c(NCc2ccc(Cl)c(F)c2)cccc1[N+](=O)[O-]. The molecule has 0 spiro atoms. The standard InChI is InChI=1S/C14H12ClFN2O2/c1-9-13(3-2-4-14(9)18(19)20)17-8-10-5-6-11(15)12(16)7-10/h2-7,17H,8H2,1H3. The van der Waals surface area contributed by atoms with Gasteiger partial charge in [-0.3, -0.25) is 10.1 Å². The van der Waals surface area contributed by atoms with Gasteiger partial charge in [-0.25, -0.2) is 4.39 Å². The van der Waals surface area contributed by atoms with E-state index in [1.807, 2.05) is 0 Å². The number of rotatable bonds is 4. The molecule has 0 aliphatic heterocycles. The van der Waals surface area contributed by atoms with E-state index in [-0.39, 0.29) is 10.7 Å². The lowest BCUT2D eigenvalue weighted by atomic mass is 10.1. The predicted molar refractivity (Wildman–Crippen MR) is 76.6 cm³/mol. The fraction of sp³-hybridized carbons (Fsp3) is 0.143. The first-order valence-corrected chi connectivity index (χ1v) is 6.28. The van der Waals surface area contributed by atoms with Crippen LogP contribution in [0.5, 0.6) is 0 Å². The number of hydrogen-bond donors (Lipinski definition) is 1. The second kappa shape index (κ2) is 5.88. The maximum Gasteiger partial charge on any atom is 0.274 e. The Morgan fingerprint density at radius 2 is 2.10 bits per heavy atom. The molecule has 20 heavy (non-hydrogen) atoms. The van der Waals surface area contributed by atoms with Crippen molar-refractivity contribution in [3.8, 4) is 0 Å². The minimum atomic E-state index is -0.485. The minimum Gasteiger partial charge on any atom is -0.381 e. The molecule has 0 amide bonds. The van der Waals surface area contributed by atoms with Crippen LogP contribution in [0.2, 0.25) is 5.02 Å². The molecular formula is C14H12ClFN2O2. The molecule has 0 unspecified atom stereocenters. The van der Waals surface area contributed by atoms with Crippen LogP contribution >= 0.6 is 11.6 Å². The highest BCUT2D eigenvalue weighted by atomic mass is 35.5. The first kappa shape index (κ1) is 14.3. The summed E-state index contributed by atoms with van der Waals surface area (Å²) < 4.78 is 13.3. The molecule has 0 saturated carbocycles. The van der Waals surface area contributed by atoms with Crippen molar-refractivity contribution < 1.29 is 9.31 Å². The molecule has 1 N–H and O–H groups in total. The highest BCUT2D eigenvalue weighted by Gasteiger charge is 2.12. The van der Waals surface area contributed by atoms with Crippen molar-refractivity contribution in [3.63, 3.8) is 0 Å². The topological polar surface area (TPSA) is 55.2 Å². The Balaban J connectivity index is 2.17. The van der Waals surface area contributed by atoms with Crippen LogP contribution in [0.3, 0.4) is 0 Å². The second-order valence-corrected chi connectivity index (χ2v) is 4.72. The number of nitrogens with zero attached hydrogens (tertiary/aromatic N) is 1. The monoisotopic (exact) mass is 294 g/mol. The number of nitro benzene ring substituents is 1. The van der Waals surface area contributed by atoms with Gasteiger partial charge in [-0.2, -0.15) is 0 Å². The smallest absolute Gasteiger partial charge is 0.274 e. The van der Waals surface area contributed by atoms with E-state index in [1.54, 1.807) is 25.1 Å². The van der Waals surface area contributed by atoms with Gasteiger partial charge in [0.05, 0.1) is 9.95 Å². The van der Waals surface area contributed by atoms with E-state index < -0.39 is 10.7 Å². The van der Waals surface area contributed by atoms with Crippen LogP contribution in [-0.4, -0.2) is 4.92 Å². The van der Waals surface area contributed by atoms with Gasteiger partial charge in [-0.15, -0.1) is 0 Å². The van der Waals surface area contributed by atoms with Gasteiger partial charge in [0.1, 0.15) is 5.82 Å². The average Bonchev–Trinajstić information content (AvgIpc) is 2.41. The largest absolute Gasteiger partial charge is 0.381 e. The third-order valence-corrected chi connectivity index (χ3v) is 3.28. The highest BCUT2D eigenvalue weighted by Crippen LogP contribution is 2.25. The Morgan fingerprint density at radius 3 is 2.75 bits per heavy atom. The lowest BCUT2D eigenvalue weighted by Crippen LogP contribution is -2.03. The zero-order valence-corrected chi connectivity index (χ0v) is 11.4. The number of benzene rings is 2. The Labute approximate surface area is 120 Å². The van der Waals surface area contributed by atoms with Crippen LogP contribution in [-0.2, 0) is 6.54 Å². The summed E-state index contributed by atoms with van der Waals surface area (Å²) >= 11 is 5.61. The summed E-state index contributed by atoms with van der Waals surface area (Å²) in [6.07, 6.45) is 0.